The van der Waals surface area contributed by atoms with Crippen LogP contribution in [0.25, 0.3) is 0 Å². The predicted molar refractivity (Wildman–Crippen MR) is 85.1 cm³/mol. The maximum absolute atomic E-state index is 6.20. The molecule has 0 spiro atoms. The quantitative estimate of drug-likeness (QED) is 0.842. The molecule has 0 aliphatic heterocycles. The summed E-state index contributed by atoms with van der Waals surface area (Å²) >= 11 is 5.32. The fourth-order valence-corrected chi connectivity index (χ4v) is 4.13. The summed E-state index contributed by atoms with van der Waals surface area (Å²) in [7, 11) is 2.19. The van der Waals surface area contributed by atoms with Gasteiger partial charge in [0.1, 0.15) is 0 Å². The minimum absolute atomic E-state index is 0.134. The minimum atomic E-state index is 0.134. The minimum Gasteiger partial charge on any atom is -0.326 e. The summed E-state index contributed by atoms with van der Waals surface area (Å²) < 4.78 is 1.17. The number of hydrogen-bond donors (Lipinski definition) is 1. The average molecular weight is 333 g/mol. The molecular formula is C14H25BrN2S. The van der Waals surface area contributed by atoms with Gasteiger partial charge in [0, 0.05) is 17.0 Å². The van der Waals surface area contributed by atoms with Gasteiger partial charge in [-0.05, 0) is 61.3 Å². The highest BCUT2D eigenvalue weighted by Crippen LogP contribution is 2.33. The maximum Gasteiger partial charge on any atom is 0.0702 e. The van der Waals surface area contributed by atoms with Crippen molar-refractivity contribution in [2.75, 3.05) is 7.05 Å². The van der Waals surface area contributed by atoms with Gasteiger partial charge in [-0.2, -0.15) is 0 Å². The standard InChI is InChI=1S/C14H25BrN2S/c1-9(2)8-10(3)17(5)14(11(4)16)12-6-7-13(15)18-12/h6-7,9-11,14H,8,16H2,1-5H3. The highest BCUT2D eigenvalue weighted by molar-refractivity contribution is 9.11. The number of rotatable bonds is 6. The van der Waals surface area contributed by atoms with Gasteiger partial charge >= 0.3 is 0 Å². The first-order chi connectivity index (χ1) is 8.32. The van der Waals surface area contributed by atoms with E-state index in [1.54, 1.807) is 11.3 Å². The topological polar surface area (TPSA) is 29.3 Å². The van der Waals surface area contributed by atoms with E-state index in [2.05, 4.69) is 67.7 Å². The predicted octanol–water partition coefficient (Wildman–Crippen LogP) is 4.27. The summed E-state index contributed by atoms with van der Waals surface area (Å²) in [6.07, 6.45) is 1.20. The Balaban J connectivity index is 2.85. The molecule has 0 saturated carbocycles. The third-order valence-corrected chi connectivity index (χ3v) is 5.02. The number of thiophene rings is 1. The SMILES string of the molecule is CC(C)CC(C)N(C)C(c1ccc(Br)s1)C(C)N. The van der Waals surface area contributed by atoms with Crippen molar-refractivity contribution in [3.8, 4) is 0 Å². The summed E-state index contributed by atoms with van der Waals surface area (Å²) in [4.78, 5) is 3.76. The van der Waals surface area contributed by atoms with Gasteiger partial charge in [0.05, 0.1) is 9.83 Å². The van der Waals surface area contributed by atoms with Gasteiger partial charge in [-0.1, -0.05) is 13.8 Å². The van der Waals surface area contributed by atoms with E-state index in [0.717, 1.165) is 0 Å². The fourth-order valence-electron chi connectivity index (χ4n) is 2.44. The summed E-state index contributed by atoms with van der Waals surface area (Å²) in [5, 5.41) is 0. The van der Waals surface area contributed by atoms with Crippen molar-refractivity contribution >= 4 is 27.3 Å². The van der Waals surface area contributed by atoms with Crippen LogP contribution in [-0.4, -0.2) is 24.0 Å². The van der Waals surface area contributed by atoms with E-state index in [1.807, 2.05) is 0 Å². The molecule has 0 fully saturated rings. The Morgan fingerprint density at radius 2 is 1.89 bits per heavy atom. The average Bonchev–Trinajstić information content (AvgIpc) is 2.63. The van der Waals surface area contributed by atoms with Crippen LogP contribution in [0.5, 0.6) is 0 Å². The van der Waals surface area contributed by atoms with Crippen molar-refractivity contribution in [2.45, 2.75) is 52.2 Å². The van der Waals surface area contributed by atoms with Crippen LogP contribution >= 0.6 is 27.3 Å². The molecule has 1 aromatic rings. The molecule has 2 nitrogen and oxygen atoms in total. The number of nitrogens with zero attached hydrogens (tertiary/aromatic N) is 1. The fraction of sp³-hybridized carbons (Fsp3) is 0.714. The van der Waals surface area contributed by atoms with Crippen LogP contribution in [0.1, 0.15) is 45.0 Å². The Kier molecular flexibility index (Phi) is 6.31. The second-order valence-electron chi connectivity index (χ2n) is 5.59. The lowest BCUT2D eigenvalue weighted by molar-refractivity contribution is 0.150. The van der Waals surface area contributed by atoms with Crippen molar-refractivity contribution in [3.05, 3.63) is 20.8 Å². The van der Waals surface area contributed by atoms with Gasteiger partial charge in [0.15, 0.2) is 0 Å². The monoisotopic (exact) mass is 332 g/mol. The van der Waals surface area contributed by atoms with E-state index in [0.29, 0.717) is 18.0 Å². The third-order valence-electron chi connectivity index (χ3n) is 3.33. The van der Waals surface area contributed by atoms with Gasteiger partial charge < -0.3 is 5.73 Å². The van der Waals surface area contributed by atoms with Gasteiger partial charge in [-0.25, -0.2) is 0 Å². The molecule has 1 rings (SSSR count). The molecule has 0 bridgehead atoms. The summed E-state index contributed by atoms with van der Waals surface area (Å²) in [5.41, 5.74) is 6.20. The van der Waals surface area contributed by atoms with Crippen LogP contribution in [0, 0.1) is 5.92 Å². The number of hydrogen-bond acceptors (Lipinski definition) is 3. The second-order valence-corrected chi connectivity index (χ2v) is 8.08. The Hall–Kier alpha value is 0.1000. The third kappa shape index (κ3) is 4.34. The zero-order valence-electron chi connectivity index (χ0n) is 12.0. The molecule has 4 heteroatoms. The molecule has 1 aromatic heterocycles. The van der Waals surface area contributed by atoms with Gasteiger partial charge in [-0.15, -0.1) is 11.3 Å². The van der Waals surface area contributed by atoms with Gasteiger partial charge in [0.25, 0.3) is 0 Å². The van der Waals surface area contributed by atoms with E-state index in [1.165, 1.54) is 15.1 Å². The number of nitrogens with two attached hydrogens (primary N) is 1. The zero-order chi connectivity index (χ0) is 13.9. The van der Waals surface area contributed by atoms with Gasteiger partial charge in [0.2, 0.25) is 0 Å². The lowest BCUT2D eigenvalue weighted by atomic mass is 10.00. The molecule has 18 heavy (non-hydrogen) atoms. The molecule has 0 aliphatic rings. The van der Waals surface area contributed by atoms with Crippen LogP contribution in [0.15, 0.2) is 15.9 Å². The molecule has 2 N–H and O–H groups in total. The lowest BCUT2D eigenvalue weighted by Crippen LogP contribution is -2.41. The lowest BCUT2D eigenvalue weighted by Gasteiger charge is -2.35. The van der Waals surface area contributed by atoms with Crippen LogP contribution in [0.2, 0.25) is 0 Å². The van der Waals surface area contributed by atoms with Crippen molar-refractivity contribution in [1.29, 1.82) is 0 Å². The summed E-state index contributed by atoms with van der Waals surface area (Å²) in [6.45, 7) is 8.93. The van der Waals surface area contributed by atoms with E-state index < -0.39 is 0 Å². The Morgan fingerprint density at radius 3 is 2.28 bits per heavy atom. The molecule has 1 heterocycles. The molecule has 0 amide bonds. The van der Waals surface area contributed by atoms with Crippen molar-refractivity contribution in [1.82, 2.24) is 4.90 Å². The highest BCUT2D eigenvalue weighted by Gasteiger charge is 2.26. The largest absolute Gasteiger partial charge is 0.326 e. The van der Waals surface area contributed by atoms with Crippen molar-refractivity contribution < 1.29 is 0 Å². The Labute approximate surface area is 124 Å². The molecule has 0 aromatic carbocycles. The van der Waals surface area contributed by atoms with Crippen LogP contribution in [0.4, 0.5) is 0 Å². The van der Waals surface area contributed by atoms with E-state index >= 15 is 0 Å². The van der Waals surface area contributed by atoms with Crippen LogP contribution in [-0.2, 0) is 0 Å². The first kappa shape index (κ1) is 16.2. The molecular weight excluding hydrogens is 308 g/mol. The van der Waals surface area contributed by atoms with E-state index in [4.69, 9.17) is 5.73 Å². The molecule has 104 valence electrons. The van der Waals surface area contributed by atoms with E-state index in [-0.39, 0.29) is 6.04 Å². The molecule has 0 saturated heterocycles. The normalized spacial score (nSPS) is 17.2. The Bertz CT molecular complexity index is 362. The highest BCUT2D eigenvalue weighted by atomic mass is 79.9. The zero-order valence-corrected chi connectivity index (χ0v) is 14.4. The second kappa shape index (κ2) is 7.04. The van der Waals surface area contributed by atoms with Crippen molar-refractivity contribution in [3.63, 3.8) is 0 Å². The molecule has 0 aliphatic carbocycles. The Morgan fingerprint density at radius 1 is 1.28 bits per heavy atom. The number of likely N-dealkylation sites (N-methyl/N-ethyl adjacent to an activating group) is 1. The van der Waals surface area contributed by atoms with Crippen LogP contribution < -0.4 is 5.73 Å². The van der Waals surface area contributed by atoms with Crippen molar-refractivity contribution in [2.24, 2.45) is 11.7 Å². The first-order valence-corrected chi connectivity index (χ1v) is 8.16. The number of halogens is 1. The summed E-state index contributed by atoms with van der Waals surface area (Å²) in [5.74, 6) is 0.714. The molecule has 0 radical (unpaired) electrons. The van der Waals surface area contributed by atoms with Gasteiger partial charge in [-0.3, -0.25) is 4.90 Å². The smallest absolute Gasteiger partial charge is 0.0702 e. The summed E-state index contributed by atoms with van der Waals surface area (Å²) in [6, 6.07) is 5.27. The maximum atomic E-state index is 6.20. The first-order valence-electron chi connectivity index (χ1n) is 6.55. The molecule has 3 atom stereocenters. The molecule has 3 unspecified atom stereocenters. The van der Waals surface area contributed by atoms with Crippen LogP contribution in [0.3, 0.4) is 0 Å². The van der Waals surface area contributed by atoms with E-state index in [9.17, 15) is 0 Å².